The van der Waals surface area contributed by atoms with Gasteiger partial charge in [-0.15, -0.1) is 4.40 Å². The first-order valence-corrected chi connectivity index (χ1v) is 7.31. The molecule has 0 spiro atoms. The Hall–Kier alpha value is -1.31. The number of nitrogens with one attached hydrogen (secondary N) is 1. The molecule has 1 aliphatic rings. The molecule has 19 heavy (non-hydrogen) atoms. The van der Waals surface area contributed by atoms with Gasteiger partial charge in [-0.05, 0) is 12.1 Å². The molecule has 0 saturated carbocycles. The zero-order valence-electron chi connectivity index (χ0n) is 9.35. The van der Waals surface area contributed by atoms with Crippen LogP contribution in [0.15, 0.2) is 21.4 Å². The molecule has 0 atom stereocenters. The van der Waals surface area contributed by atoms with Gasteiger partial charge in [-0.25, -0.2) is 0 Å². The molecule has 0 radical (unpaired) electrons. The highest BCUT2D eigenvalue weighted by molar-refractivity contribution is 7.90. The highest BCUT2D eigenvalue weighted by atomic mass is 35.5. The zero-order chi connectivity index (χ0) is 14.2. The average molecular weight is 323 g/mol. The van der Waals surface area contributed by atoms with E-state index in [0.29, 0.717) is 0 Å². The molecule has 0 amide bonds. The third-order valence-corrected chi connectivity index (χ3v) is 4.46. The van der Waals surface area contributed by atoms with Crippen LogP contribution in [-0.4, -0.2) is 25.3 Å². The Bertz CT molecular complexity index is 685. The normalized spacial score (nSPS) is 16.2. The molecule has 1 aromatic carbocycles. The third kappa shape index (κ3) is 2.99. The molecule has 1 aliphatic heterocycles. The van der Waals surface area contributed by atoms with Crippen molar-refractivity contribution < 1.29 is 18.3 Å². The van der Waals surface area contributed by atoms with E-state index in [4.69, 9.17) is 28.3 Å². The lowest BCUT2D eigenvalue weighted by molar-refractivity contribution is -0.136. The van der Waals surface area contributed by atoms with Crippen molar-refractivity contribution in [3.63, 3.8) is 0 Å². The maximum atomic E-state index is 11.9. The number of hydrogen-bond acceptors (Lipinski definition) is 4. The van der Waals surface area contributed by atoms with Gasteiger partial charge in [-0.2, -0.15) is 8.42 Å². The van der Waals surface area contributed by atoms with E-state index >= 15 is 0 Å². The first-order valence-electron chi connectivity index (χ1n) is 5.11. The summed E-state index contributed by atoms with van der Waals surface area (Å²) in [4.78, 5) is 10.4. The Morgan fingerprint density at radius 3 is 2.58 bits per heavy atom. The molecule has 0 aromatic heterocycles. The van der Waals surface area contributed by atoms with Crippen molar-refractivity contribution in [3.8, 4) is 0 Å². The maximum Gasteiger partial charge on any atom is 0.303 e. The van der Waals surface area contributed by atoms with E-state index in [2.05, 4.69) is 9.71 Å². The van der Waals surface area contributed by atoms with Crippen LogP contribution >= 0.6 is 23.2 Å². The quantitative estimate of drug-likeness (QED) is 0.890. The van der Waals surface area contributed by atoms with E-state index in [1.54, 1.807) is 0 Å². The molecule has 6 nitrogen and oxygen atoms in total. The second-order valence-corrected chi connectivity index (χ2v) is 6.18. The molecule has 0 fully saturated rings. The number of carboxylic acid groups (broad SMARTS) is 1. The van der Waals surface area contributed by atoms with Gasteiger partial charge in [0.1, 0.15) is 10.7 Å². The number of halogens is 2. The average Bonchev–Trinajstić information content (AvgIpc) is 2.28. The number of benzene rings is 1. The van der Waals surface area contributed by atoms with Crippen LogP contribution < -0.4 is 5.32 Å². The molecule has 102 valence electrons. The standard InChI is InChI=1S/C10H8Cl2N2O4S/c11-5-3-7-8(4-6(5)12)19(17,18)14-9(13-7)1-2-10(15)16/h3-4H,1-2H2,(H,13,14)(H,15,16). The van der Waals surface area contributed by atoms with Crippen molar-refractivity contribution in [2.24, 2.45) is 4.40 Å². The Morgan fingerprint density at radius 1 is 1.32 bits per heavy atom. The van der Waals surface area contributed by atoms with E-state index in [1.807, 2.05) is 0 Å². The summed E-state index contributed by atoms with van der Waals surface area (Å²) in [6, 6.07) is 2.57. The smallest absolute Gasteiger partial charge is 0.303 e. The van der Waals surface area contributed by atoms with Gasteiger partial charge in [-0.3, -0.25) is 4.79 Å². The van der Waals surface area contributed by atoms with Gasteiger partial charge >= 0.3 is 5.97 Å². The van der Waals surface area contributed by atoms with Crippen LogP contribution in [0.4, 0.5) is 5.69 Å². The summed E-state index contributed by atoms with van der Waals surface area (Å²) >= 11 is 11.6. The number of rotatable bonds is 3. The Morgan fingerprint density at radius 2 is 1.95 bits per heavy atom. The molecule has 0 saturated heterocycles. The fourth-order valence-electron chi connectivity index (χ4n) is 1.55. The predicted octanol–water partition coefficient (Wildman–Crippen LogP) is 2.37. The summed E-state index contributed by atoms with van der Waals surface area (Å²) in [5.74, 6) is -0.977. The molecule has 1 aromatic rings. The minimum atomic E-state index is -3.89. The van der Waals surface area contributed by atoms with Crippen molar-refractivity contribution in [2.45, 2.75) is 17.7 Å². The maximum absolute atomic E-state index is 11.9. The van der Waals surface area contributed by atoms with E-state index in [1.165, 1.54) is 12.1 Å². The van der Waals surface area contributed by atoms with E-state index in [0.717, 1.165) is 0 Å². The van der Waals surface area contributed by atoms with Crippen LogP contribution in [0.3, 0.4) is 0 Å². The van der Waals surface area contributed by atoms with Crippen LogP contribution in [0.25, 0.3) is 0 Å². The highest BCUT2D eigenvalue weighted by Gasteiger charge is 2.26. The molecule has 2 rings (SSSR count). The van der Waals surface area contributed by atoms with E-state index in [9.17, 15) is 13.2 Å². The minimum absolute atomic E-state index is 0.0196. The van der Waals surface area contributed by atoms with E-state index in [-0.39, 0.29) is 39.3 Å². The van der Waals surface area contributed by atoms with Gasteiger partial charge in [0, 0.05) is 6.42 Å². The molecular formula is C10H8Cl2N2O4S. The summed E-state index contributed by atoms with van der Waals surface area (Å²) < 4.78 is 27.3. The Balaban J connectivity index is 2.41. The van der Waals surface area contributed by atoms with Crippen LogP contribution in [0.2, 0.25) is 10.0 Å². The summed E-state index contributed by atoms with van der Waals surface area (Å²) in [5.41, 5.74) is 0.241. The molecule has 0 unspecified atom stereocenters. The predicted molar refractivity (Wildman–Crippen MR) is 71.6 cm³/mol. The number of carboxylic acids is 1. The Kier molecular flexibility index (Phi) is 3.71. The van der Waals surface area contributed by atoms with Crippen LogP contribution in [-0.2, 0) is 14.8 Å². The number of anilines is 1. The number of carbonyl (C=O) groups is 1. The van der Waals surface area contributed by atoms with Crippen LogP contribution in [0, 0.1) is 0 Å². The summed E-state index contributed by atoms with van der Waals surface area (Å²) in [7, 11) is -3.89. The Labute approximate surface area is 119 Å². The van der Waals surface area contributed by atoms with Gasteiger partial charge < -0.3 is 10.4 Å². The van der Waals surface area contributed by atoms with Crippen molar-refractivity contribution in [1.29, 1.82) is 0 Å². The minimum Gasteiger partial charge on any atom is -0.481 e. The first-order chi connectivity index (χ1) is 8.79. The topological polar surface area (TPSA) is 95.8 Å². The molecular weight excluding hydrogens is 315 g/mol. The fraction of sp³-hybridized carbons (Fsp3) is 0.200. The molecule has 1 heterocycles. The lowest BCUT2D eigenvalue weighted by atomic mass is 10.2. The lowest BCUT2D eigenvalue weighted by Gasteiger charge is -2.18. The molecule has 0 aliphatic carbocycles. The zero-order valence-corrected chi connectivity index (χ0v) is 11.7. The molecule has 9 heteroatoms. The fourth-order valence-corrected chi connectivity index (χ4v) is 3.12. The van der Waals surface area contributed by atoms with Gasteiger partial charge in [0.15, 0.2) is 0 Å². The monoisotopic (exact) mass is 322 g/mol. The van der Waals surface area contributed by atoms with Crippen molar-refractivity contribution in [1.82, 2.24) is 0 Å². The number of fused-ring (bicyclic) bond motifs is 1. The molecule has 0 bridgehead atoms. The van der Waals surface area contributed by atoms with Crippen LogP contribution in [0.1, 0.15) is 12.8 Å². The van der Waals surface area contributed by atoms with Crippen LogP contribution in [0.5, 0.6) is 0 Å². The van der Waals surface area contributed by atoms with Crippen molar-refractivity contribution >= 4 is 50.7 Å². The van der Waals surface area contributed by atoms with Crippen molar-refractivity contribution in [3.05, 3.63) is 22.2 Å². The lowest BCUT2D eigenvalue weighted by Crippen LogP contribution is -2.22. The number of sulfonamides is 1. The van der Waals surface area contributed by atoms with Gasteiger partial charge in [-0.1, -0.05) is 23.2 Å². The van der Waals surface area contributed by atoms with Gasteiger partial charge in [0.05, 0.1) is 22.2 Å². The summed E-state index contributed by atoms with van der Waals surface area (Å²) in [5, 5.41) is 11.6. The molecule has 2 N–H and O–H groups in total. The SMILES string of the molecule is O=C(O)CCC1=NS(=O)(=O)c2cc(Cl)c(Cl)cc2N1. The number of amidine groups is 1. The van der Waals surface area contributed by atoms with Gasteiger partial charge in [0.2, 0.25) is 0 Å². The van der Waals surface area contributed by atoms with Crippen molar-refractivity contribution in [2.75, 3.05) is 5.32 Å². The highest BCUT2D eigenvalue weighted by Crippen LogP contribution is 2.35. The second kappa shape index (κ2) is 4.99. The number of nitrogens with zero attached hydrogens (tertiary/aromatic N) is 1. The number of hydrogen-bond donors (Lipinski definition) is 2. The van der Waals surface area contributed by atoms with E-state index < -0.39 is 16.0 Å². The first kappa shape index (κ1) is 14.1. The third-order valence-electron chi connectivity index (χ3n) is 2.39. The summed E-state index contributed by atoms with van der Waals surface area (Å²) in [6.07, 6.45) is -0.244. The second-order valence-electron chi connectivity index (χ2n) is 3.79. The number of aliphatic carboxylic acids is 1. The largest absolute Gasteiger partial charge is 0.481 e. The summed E-state index contributed by atoms with van der Waals surface area (Å²) in [6.45, 7) is 0. The van der Waals surface area contributed by atoms with Gasteiger partial charge in [0.25, 0.3) is 10.0 Å².